The number of aliphatic hydroxyl groups is 1. The third-order valence-electron chi connectivity index (χ3n) is 5.85. The first kappa shape index (κ1) is 29.0. The highest BCUT2D eigenvalue weighted by atomic mass is 19.1. The highest BCUT2D eigenvalue weighted by Crippen LogP contribution is 2.20. The van der Waals surface area contributed by atoms with E-state index >= 15 is 0 Å². The van der Waals surface area contributed by atoms with Crippen LogP contribution in [0.4, 0.5) is 8.78 Å². The van der Waals surface area contributed by atoms with Gasteiger partial charge in [-0.2, -0.15) is 0 Å². The van der Waals surface area contributed by atoms with E-state index in [0.717, 1.165) is 18.1 Å². The second kappa shape index (κ2) is 14.4. The number of aryl methyl sites for hydroxylation is 1. The molecule has 0 radical (unpaired) electrons. The molecular formula is C29H35F2N3O4. The van der Waals surface area contributed by atoms with Crippen molar-refractivity contribution in [3.05, 3.63) is 88.6 Å². The lowest BCUT2D eigenvalue weighted by molar-refractivity contribution is 0.0824. The van der Waals surface area contributed by atoms with Gasteiger partial charge in [0.05, 0.1) is 25.4 Å². The Morgan fingerprint density at radius 1 is 0.947 bits per heavy atom. The summed E-state index contributed by atoms with van der Waals surface area (Å²) in [5.74, 6) is -1.41. The molecule has 38 heavy (non-hydrogen) atoms. The summed E-state index contributed by atoms with van der Waals surface area (Å²) in [4.78, 5) is 17.4. The Labute approximate surface area is 222 Å². The lowest BCUT2D eigenvalue weighted by Crippen LogP contribution is -2.48. The van der Waals surface area contributed by atoms with E-state index in [1.807, 2.05) is 25.1 Å². The first-order chi connectivity index (χ1) is 18.3. The van der Waals surface area contributed by atoms with Crippen LogP contribution in [0, 0.1) is 11.6 Å². The van der Waals surface area contributed by atoms with Crippen LogP contribution in [-0.2, 0) is 19.4 Å². The maximum Gasteiger partial charge on any atom is 0.270 e. The fraction of sp³-hybridized carbons (Fsp3) is 0.379. The van der Waals surface area contributed by atoms with Crippen LogP contribution < -0.4 is 20.1 Å². The Kier molecular flexibility index (Phi) is 11.0. The van der Waals surface area contributed by atoms with E-state index in [0.29, 0.717) is 31.1 Å². The molecule has 0 saturated carbocycles. The molecule has 0 spiro atoms. The first-order valence-electron chi connectivity index (χ1n) is 12.8. The molecule has 1 amide bonds. The SMILES string of the molecule is CCOc1cc(OCC)nc(C(=O)N[C@@H](Cc2cc(F)cc(F)c2)[C@@H](O)CNCc2cccc(CC)c2)c1. The molecule has 0 saturated heterocycles. The van der Waals surface area contributed by atoms with Crippen molar-refractivity contribution in [2.75, 3.05) is 19.8 Å². The van der Waals surface area contributed by atoms with Crippen molar-refractivity contribution in [3.63, 3.8) is 0 Å². The molecule has 1 aromatic heterocycles. The molecule has 2 atom stereocenters. The lowest BCUT2D eigenvalue weighted by Gasteiger charge is -2.25. The zero-order valence-electron chi connectivity index (χ0n) is 22.0. The van der Waals surface area contributed by atoms with E-state index in [2.05, 4.69) is 28.6 Å². The third-order valence-corrected chi connectivity index (χ3v) is 5.85. The summed E-state index contributed by atoms with van der Waals surface area (Å²) < 4.78 is 38.7. The van der Waals surface area contributed by atoms with Crippen molar-refractivity contribution < 1.29 is 28.2 Å². The van der Waals surface area contributed by atoms with Crippen molar-refractivity contribution in [1.29, 1.82) is 0 Å². The number of nitrogens with zero attached hydrogens (tertiary/aromatic N) is 1. The molecule has 0 aliphatic carbocycles. The van der Waals surface area contributed by atoms with Crippen molar-refractivity contribution in [2.45, 2.75) is 52.3 Å². The van der Waals surface area contributed by atoms with Gasteiger partial charge in [0.1, 0.15) is 23.1 Å². The summed E-state index contributed by atoms with van der Waals surface area (Å²) in [6, 6.07) is 13.4. The van der Waals surface area contributed by atoms with Crippen molar-refractivity contribution in [2.24, 2.45) is 0 Å². The number of aliphatic hydroxyl groups excluding tert-OH is 1. The summed E-state index contributed by atoms with van der Waals surface area (Å²) in [6.07, 6.45) is -0.155. The maximum atomic E-state index is 13.9. The quantitative estimate of drug-likeness (QED) is 0.291. The van der Waals surface area contributed by atoms with E-state index in [-0.39, 0.29) is 24.5 Å². The first-order valence-corrected chi connectivity index (χ1v) is 12.8. The zero-order valence-corrected chi connectivity index (χ0v) is 22.0. The predicted octanol–water partition coefficient (Wildman–Crippen LogP) is 4.21. The van der Waals surface area contributed by atoms with E-state index in [1.54, 1.807) is 13.0 Å². The van der Waals surface area contributed by atoms with Crippen LogP contribution in [0.2, 0.25) is 0 Å². The van der Waals surface area contributed by atoms with Crippen molar-refractivity contribution in [1.82, 2.24) is 15.6 Å². The van der Waals surface area contributed by atoms with Crippen molar-refractivity contribution >= 4 is 5.91 Å². The Bertz CT molecular complexity index is 1160. The molecule has 3 N–H and O–H groups in total. The van der Waals surface area contributed by atoms with E-state index in [9.17, 15) is 18.7 Å². The minimum Gasteiger partial charge on any atom is -0.494 e. The van der Waals surface area contributed by atoms with Gasteiger partial charge in [-0.25, -0.2) is 13.8 Å². The molecule has 3 aromatic rings. The highest BCUT2D eigenvalue weighted by Gasteiger charge is 2.24. The molecule has 9 heteroatoms. The number of halogens is 2. The number of amides is 1. The van der Waals surface area contributed by atoms with E-state index in [1.165, 1.54) is 23.8 Å². The molecule has 7 nitrogen and oxygen atoms in total. The van der Waals surface area contributed by atoms with Gasteiger partial charge in [-0.3, -0.25) is 4.79 Å². The summed E-state index contributed by atoms with van der Waals surface area (Å²) in [6.45, 7) is 7.07. The number of hydrogen-bond acceptors (Lipinski definition) is 6. The van der Waals surface area contributed by atoms with Gasteiger partial charge in [0.25, 0.3) is 5.91 Å². The molecule has 0 bridgehead atoms. The Balaban J connectivity index is 1.78. The number of aromatic nitrogens is 1. The van der Waals surface area contributed by atoms with Gasteiger partial charge in [0.15, 0.2) is 0 Å². The van der Waals surface area contributed by atoms with Crippen molar-refractivity contribution in [3.8, 4) is 11.6 Å². The molecular weight excluding hydrogens is 492 g/mol. The number of benzene rings is 2. The fourth-order valence-electron chi connectivity index (χ4n) is 4.04. The molecule has 0 fully saturated rings. The molecule has 1 heterocycles. The number of pyridine rings is 1. The third kappa shape index (κ3) is 8.78. The molecule has 3 rings (SSSR count). The fourth-order valence-corrected chi connectivity index (χ4v) is 4.04. The second-order valence-electron chi connectivity index (χ2n) is 8.83. The topological polar surface area (TPSA) is 92.7 Å². The average Bonchev–Trinajstić information content (AvgIpc) is 2.88. The van der Waals surface area contributed by atoms with Gasteiger partial charge in [-0.15, -0.1) is 0 Å². The summed E-state index contributed by atoms with van der Waals surface area (Å²) in [5, 5.41) is 17.0. The zero-order chi connectivity index (χ0) is 27.5. The van der Waals surface area contributed by atoms with Crippen LogP contribution in [0.15, 0.2) is 54.6 Å². The number of nitrogens with one attached hydrogen (secondary N) is 2. The van der Waals surface area contributed by atoms with Gasteiger partial charge < -0.3 is 25.2 Å². The Morgan fingerprint density at radius 2 is 1.66 bits per heavy atom. The number of carbonyl (C=O) groups is 1. The molecule has 2 aromatic carbocycles. The predicted molar refractivity (Wildman–Crippen MR) is 141 cm³/mol. The highest BCUT2D eigenvalue weighted by molar-refractivity contribution is 5.93. The smallest absolute Gasteiger partial charge is 0.270 e. The monoisotopic (exact) mass is 527 g/mol. The van der Waals surface area contributed by atoms with Crippen LogP contribution in [0.5, 0.6) is 11.6 Å². The van der Waals surface area contributed by atoms with E-state index in [4.69, 9.17) is 9.47 Å². The number of ether oxygens (including phenoxy) is 2. The largest absolute Gasteiger partial charge is 0.494 e. The van der Waals surface area contributed by atoms with E-state index < -0.39 is 29.7 Å². The van der Waals surface area contributed by atoms with Crippen LogP contribution in [-0.4, -0.2) is 47.9 Å². The van der Waals surface area contributed by atoms with Gasteiger partial charge in [0.2, 0.25) is 5.88 Å². The van der Waals surface area contributed by atoms with Gasteiger partial charge >= 0.3 is 0 Å². The number of rotatable bonds is 14. The summed E-state index contributed by atoms with van der Waals surface area (Å²) in [5.41, 5.74) is 2.60. The molecule has 0 aliphatic heterocycles. The number of hydrogen-bond donors (Lipinski definition) is 3. The van der Waals surface area contributed by atoms with Crippen LogP contribution >= 0.6 is 0 Å². The van der Waals surface area contributed by atoms with Crippen LogP contribution in [0.3, 0.4) is 0 Å². The number of carbonyl (C=O) groups excluding carboxylic acids is 1. The van der Waals surface area contributed by atoms with Gasteiger partial charge in [-0.1, -0.05) is 31.2 Å². The molecule has 0 unspecified atom stereocenters. The average molecular weight is 528 g/mol. The van der Waals surface area contributed by atoms with Crippen LogP contribution in [0.25, 0.3) is 0 Å². The lowest BCUT2D eigenvalue weighted by atomic mass is 10.00. The summed E-state index contributed by atoms with van der Waals surface area (Å²) in [7, 11) is 0. The second-order valence-corrected chi connectivity index (χ2v) is 8.83. The normalized spacial score (nSPS) is 12.6. The maximum absolute atomic E-state index is 13.9. The van der Waals surface area contributed by atoms with Gasteiger partial charge in [0, 0.05) is 31.3 Å². The standard InChI is InChI=1S/C29H35F2N3O4/c1-4-19-8-7-9-20(10-19)17-32-18-27(35)25(13-21-11-22(30)14-23(31)12-21)34-29(36)26-15-24(37-5-2)16-28(33-26)38-6-3/h7-12,14-16,25,27,32,35H,4-6,13,17-18H2,1-3H3,(H,34,36)/t25-,27-/m0/s1. The minimum absolute atomic E-state index is 0.00193. The minimum atomic E-state index is -1.07. The molecule has 204 valence electrons. The Morgan fingerprint density at radius 3 is 2.34 bits per heavy atom. The molecule has 0 aliphatic rings. The Hall–Kier alpha value is -3.56. The van der Waals surface area contributed by atoms with Gasteiger partial charge in [-0.05, 0) is 55.5 Å². The summed E-state index contributed by atoms with van der Waals surface area (Å²) >= 11 is 0. The van der Waals surface area contributed by atoms with Crippen LogP contribution in [0.1, 0.15) is 48.0 Å².